The Kier molecular flexibility index (Phi) is 9.21. The molecule has 0 atom stereocenters. The van der Waals surface area contributed by atoms with Gasteiger partial charge in [-0.05, 0) is 6.42 Å². The molecule has 0 aromatic heterocycles. The SMILES string of the molecule is O=C(O)CN(CCCN(CC(=O)O)CC(O)O)CC(=O)O. The zero-order valence-corrected chi connectivity index (χ0v) is 11.4. The van der Waals surface area contributed by atoms with Crippen molar-refractivity contribution in [1.29, 1.82) is 0 Å². The number of aliphatic carboxylic acids is 3. The highest BCUT2D eigenvalue weighted by atomic mass is 16.5. The summed E-state index contributed by atoms with van der Waals surface area (Å²) in [7, 11) is 0. The van der Waals surface area contributed by atoms with Crippen molar-refractivity contribution in [3.63, 3.8) is 0 Å². The van der Waals surface area contributed by atoms with Gasteiger partial charge in [0.05, 0.1) is 19.6 Å². The average molecular weight is 308 g/mol. The van der Waals surface area contributed by atoms with Crippen molar-refractivity contribution in [3.05, 3.63) is 0 Å². The van der Waals surface area contributed by atoms with E-state index in [0.29, 0.717) is 6.42 Å². The van der Waals surface area contributed by atoms with Crippen molar-refractivity contribution < 1.29 is 39.9 Å². The van der Waals surface area contributed by atoms with Crippen molar-refractivity contribution in [1.82, 2.24) is 9.80 Å². The Morgan fingerprint density at radius 3 is 1.52 bits per heavy atom. The Labute approximate surface area is 120 Å². The summed E-state index contributed by atoms with van der Waals surface area (Å²) in [5, 5.41) is 43.7. The summed E-state index contributed by atoms with van der Waals surface area (Å²) in [5.41, 5.74) is 0. The summed E-state index contributed by atoms with van der Waals surface area (Å²) in [6, 6.07) is 0. The first-order chi connectivity index (χ1) is 9.70. The van der Waals surface area contributed by atoms with Crippen LogP contribution in [0.5, 0.6) is 0 Å². The Morgan fingerprint density at radius 2 is 1.14 bits per heavy atom. The maximum Gasteiger partial charge on any atom is 0.317 e. The third-order valence-electron chi connectivity index (χ3n) is 2.45. The lowest BCUT2D eigenvalue weighted by Crippen LogP contribution is -2.40. The molecule has 0 aliphatic rings. The molecule has 5 N–H and O–H groups in total. The van der Waals surface area contributed by atoms with Gasteiger partial charge in [0.15, 0.2) is 6.29 Å². The van der Waals surface area contributed by atoms with Gasteiger partial charge in [-0.1, -0.05) is 0 Å². The third kappa shape index (κ3) is 11.8. The van der Waals surface area contributed by atoms with E-state index < -0.39 is 43.8 Å². The van der Waals surface area contributed by atoms with Crippen molar-refractivity contribution in [2.24, 2.45) is 0 Å². The van der Waals surface area contributed by atoms with E-state index in [1.807, 2.05) is 0 Å². The third-order valence-corrected chi connectivity index (χ3v) is 2.45. The number of carboxylic acid groups (broad SMARTS) is 3. The van der Waals surface area contributed by atoms with E-state index in [-0.39, 0.29) is 19.6 Å². The minimum Gasteiger partial charge on any atom is -0.480 e. The average Bonchev–Trinajstić information content (AvgIpc) is 2.24. The molecule has 0 fully saturated rings. The van der Waals surface area contributed by atoms with E-state index in [9.17, 15) is 14.4 Å². The van der Waals surface area contributed by atoms with Crippen LogP contribution in [-0.2, 0) is 14.4 Å². The highest BCUT2D eigenvalue weighted by Gasteiger charge is 2.16. The lowest BCUT2D eigenvalue weighted by Gasteiger charge is -2.23. The predicted molar refractivity (Wildman–Crippen MR) is 68.6 cm³/mol. The van der Waals surface area contributed by atoms with Crippen LogP contribution in [0.2, 0.25) is 0 Å². The van der Waals surface area contributed by atoms with Crippen LogP contribution >= 0.6 is 0 Å². The quantitative estimate of drug-likeness (QED) is 0.245. The molecule has 0 unspecified atom stereocenters. The van der Waals surface area contributed by atoms with Crippen LogP contribution in [0.25, 0.3) is 0 Å². The molecule has 10 nitrogen and oxygen atoms in total. The topological polar surface area (TPSA) is 159 Å². The van der Waals surface area contributed by atoms with Crippen LogP contribution in [0.4, 0.5) is 0 Å². The predicted octanol–water partition coefficient (Wildman–Crippen LogP) is -2.45. The largest absolute Gasteiger partial charge is 0.480 e. The molecule has 0 saturated carbocycles. The summed E-state index contributed by atoms with van der Waals surface area (Å²) >= 11 is 0. The van der Waals surface area contributed by atoms with Crippen LogP contribution in [0.15, 0.2) is 0 Å². The minimum absolute atomic E-state index is 0.135. The molecule has 0 saturated heterocycles. The number of aliphatic hydroxyl groups excluding tert-OH is 1. The monoisotopic (exact) mass is 308 g/mol. The molecule has 0 aromatic rings. The van der Waals surface area contributed by atoms with Crippen LogP contribution < -0.4 is 0 Å². The fourth-order valence-electron chi connectivity index (χ4n) is 1.77. The van der Waals surface area contributed by atoms with Crippen LogP contribution in [0, 0.1) is 0 Å². The van der Waals surface area contributed by atoms with Gasteiger partial charge in [0.25, 0.3) is 0 Å². The van der Waals surface area contributed by atoms with E-state index in [1.54, 1.807) is 0 Å². The van der Waals surface area contributed by atoms with Crippen LogP contribution in [0.1, 0.15) is 6.42 Å². The lowest BCUT2D eigenvalue weighted by atomic mass is 10.3. The van der Waals surface area contributed by atoms with Gasteiger partial charge in [-0.2, -0.15) is 0 Å². The van der Waals surface area contributed by atoms with Gasteiger partial charge in [0.2, 0.25) is 0 Å². The van der Waals surface area contributed by atoms with Gasteiger partial charge >= 0.3 is 17.9 Å². The maximum absolute atomic E-state index is 10.6. The first-order valence-corrected chi connectivity index (χ1v) is 6.17. The lowest BCUT2D eigenvalue weighted by molar-refractivity contribution is -0.142. The van der Waals surface area contributed by atoms with E-state index in [4.69, 9.17) is 25.5 Å². The molecular weight excluding hydrogens is 288 g/mol. The highest BCUT2D eigenvalue weighted by molar-refractivity contribution is 5.72. The van der Waals surface area contributed by atoms with Gasteiger partial charge in [-0.25, -0.2) is 0 Å². The molecule has 0 aliphatic heterocycles. The number of rotatable bonds is 12. The zero-order valence-electron chi connectivity index (χ0n) is 11.4. The van der Waals surface area contributed by atoms with Gasteiger partial charge in [-0.3, -0.25) is 24.2 Å². The normalized spacial score (nSPS) is 11.3. The zero-order chi connectivity index (χ0) is 16.4. The molecule has 0 bridgehead atoms. The highest BCUT2D eigenvalue weighted by Crippen LogP contribution is 1.98. The second-order valence-corrected chi connectivity index (χ2v) is 4.46. The molecule has 0 heterocycles. The van der Waals surface area contributed by atoms with Gasteiger partial charge in [-0.15, -0.1) is 0 Å². The molecule has 0 aromatic carbocycles. The Morgan fingerprint density at radius 1 is 0.762 bits per heavy atom. The molecule has 21 heavy (non-hydrogen) atoms. The summed E-state index contributed by atoms with van der Waals surface area (Å²) < 4.78 is 0. The van der Waals surface area contributed by atoms with Crippen molar-refractivity contribution in [3.8, 4) is 0 Å². The first kappa shape index (κ1) is 19.2. The molecule has 0 amide bonds. The number of carboxylic acids is 3. The summed E-state index contributed by atoms with van der Waals surface area (Å²) in [6.45, 7) is -1.22. The van der Waals surface area contributed by atoms with E-state index in [2.05, 4.69) is 0 Å². The standard InChI is InChI=1S/C11H20N2O8/c14-8(15)4-12(5-9(16)17)2-1-3-13(6-10(18)19)7-11(20)21/h8,14-15H,1-7H2,(H,16,17)(H,18,19)(H,20,21). The number of hydrogen-bond donors (Lipinski definition) is 5. The first-order valence-electron chi connectivity index (χ1n) is 6.17. The second kappa shape index (κ2) is 10.0. The maximum atomic E-state index is 10.6. The van der Waals surface area contributed by atoms with Gasteiger partial charge in [0, 0.05) is 19.6 Å². The number of hydrogen-bond acceptors (Lipinski definition) is 7. The smallest absolute Gasteiger partial charge is 0.317 e. The second-order valence-electron chi connectivity index (χ2n) is 4.46. The van der Waals surface area contributed by atoms with E-state index in [1.165, 1.54) is 9.80 Å². The van der Waals surface area contributed by atoms with E-state index >= 15 is 0 Å². The molecular formula is C11H20N2O8. The van der Waals surface area contributed by atoms with Crippen molar-refractivity contribution in [2.75, 3.05) is 39.3 Å². The minimum atomic E-state index is -1.68. The molecule has 122 valence electrons. The Bertz CT molecular complexity index is 344. The Hall–Kier alpha value is -1.75. The summed E-state index contributed by atoms with van der Waals surface area (Å²) in [6.07, 6.45) is -1.39. The van der Waals surface area contributed by atoms with Crippen molar-refractivity contribution in [2.45, 2.75) is 12.7 Å². The number of aliphatic hydroxyl groups is 2. The van der Waals surface area contributed by atoms with Gasteiger partial charge < -0.3 is 25.5 Å². The van der Waals surface area contributed by atoms with Crippen molar-refractivity contribution >= 4 is 17.9 Å². The molecule has 0 radical (unpaired) electrons. The summed E-state index contributed by atoms with van der Waals surface area (Å²) in [5.74, 6) is -3.46. The van der Waals surface area contributed by atoms with Gasteiger partial charge in [0.1, 0.15) is 0 Å². The van der Waals surface area contributed by atoms with Crippen LogP contribution in [0.3, 0.4) is 0 Å². The number of carbonyl (C=O) groups is 3. The molecule has 0 spiro atoms. The Balaban J connectivity index is 4.31. The fraction of sp³-hybridized carbons (Fsp3) is 0.727. The fourth-order valence-corrected chi connectivity index (χ4v) is 1.77. The molecule has 10 heteroatoms. The van der Waals surface area contributed by atoms with E-state index in [0.717, 1.165) is 0 Å². The molecule has 0 rings (SSSR count). The molecule has 0 aliphatic carbocycles. The summed E-state index contributed by atoms with van der Waals surface area (Å²) in [4.78, 5) is 34.3. The number of nitrogens with zero attached hydrogens (tertiary/aromatic N) is 2. The van der Waals surface area contributed by atoms with Crippen LogP contribution in [-0.4, -0.2) is 98.8 Å².